The molecule has 1 aromatic carbocycles. The van der Waals surface area contributed by atoms with Crippen molar-refractivity contribution in [3.8, 4) is 0 Å². The number of rotatable bonds is 2. The van der Waals surface area contributed by atoms with Gasteiger partial charge in [0.05, 0.1) is 22.5 Å². The summed E-state index contributed by atoms with van der Waals surface area (Å²) in [5, 5.41) is 2.82. The Morgan fingerprint density at radius 1 is 1.32 bits per heavy atom. The van der Waals surface area contributed by atoms with Crippen LogP contribution in [0.2, 0.25) is 10.2 Å². The number of carbonyl (C=O) groups excluding carboxylic acids is 1. The molecule has 7 heteroatoms. The fourth-order valence-electron chi connectivity index (χ4n) is 1.36. The van der Waals surface area contributed by atoms with Crippen molar-refractivity contribution in [1.29, 1.82) is 0 Å². The summed E-state index contributed by atoms with van der Waals surface area (Å²) >= 11 is 14.9. The largest absolute Gasteiger partial charge is 0.320 e. The minimum Gasteiger partial charge on any atom is -0.320 e. The van der Waals surface area contributed by atoms with Crippen LogP contribution in [0.15, 0.2) is 34.9 Å². The zero-order valence-electron chi connectivity index (χ0n) is 9.25. The highest BCUT2D eigenvalue weighted by Crippen LogP contribution is 2.26. The third kappa shape index (κ3) is 3.43. The lowest BCUT2D eigenvalue weighted by molar-refractivity contribution is 0.102. The lowest BCUT2D eigenvalue weighted by atomic mass is 10.2. The molecule has 0 saturated heterocycles. The molecule has 1 aromatic heterocycles. The minimum atomic E-state index is -0.644. The first-order chi connectivity index (χ1) is 8.97. The highest BCUT2D eigenvalue weighted by atomic mass is 79.9. The van der Waals surface area contributed by atoms with E-state index in [0.717, 1.165) is 16.7 Å². The molecule has 0 saturated carbocycles. The third-order valence-corrected chi connectivity index (χ3v) is 3.35. The maximum absolute atomic E-state index is 13.1. The molecule has 1 N–H and O–H groups in total. The number of pyridine rings is 1. The van der Waals surface area contributed by atoms with Gasteiger partial charge in [-0.1, -0.05) is 39.1 Å². The van der Waals surface area contributed by atoms with Crippen molar-refractivity contribution >= 4 is 50.7 Å². The highest BCUT2D eigenvalue weighted by Gasteiger charge is 2.14. The summed E-state index contributed by atoms with van der Waals surface area (Å²) in [5.74, 6) is -1.23. The molecule has 0 bridgehead atoms. The van der Waals surface area contributed by atoms with Crippen LogP contribution in [-0.2, 0) is 0 Å². The van der Waals surface area contributed by atoms with E-state index in [1.807, 2.05) is 0 Å². The summed E-state index contributed by atoms with van der Waals surface area (Å²) < 4.78 is 13.8. The summed E-state index contributed by atoms with van der Waals surface area (Å²) in [6.07, 6.45) is 0.936. The van der Waals surface area contributed by atoms with E-state index in [0.29, 0.717) is 10.7 Å². The van der Waals surface area contributed by atoms with E-state index in [2.05, 4.69) is 26.2 Å². The smallest absolute Gasteiger partial charge is 0.258 e. The monoisotopic (exact) mass is 362 g/mol. The standard InChI is InChI=1S/C12H6BrCl2FN2O/c13-6-1-2-9(14)10(3-6)18-12(19)8-4-7(16)5-17-11(8)15/h1-5H,(H,18,19). The van der Waals surface area contributed by atoms with E-state index in [1.165, 1.54) is 0 Å². The van der Waals surface area contributed by atoms with E-state index in [4.69, 9.17) is 23.2 Å². The summed E-state index contributed by atoms with van der Waals surface area (Å²) in [4.78, 5) is 15.5. The molecule has 3 nitrogen and oxygen atoms in total. The quantitative estimate of drug-likeness (QED) is 0.795. The van der Waals surface area contributed by atoms with Crippen molar-refractivity contribution in [3.63, 3.8) is 0 Å². The van der Waals surface area contributed by atoms with Gasteiger partial charge in [-0.15, -0.1) is 0 Å². The molecule has 0 aliphatic carbocycles. The Labute approximate surface area is 126 Å². The van der Waals surface area contributed by atoms with Gasteiger partial charge in [0.2, 0.25) is 0 Å². The Morgan fingerprint density at radius 2 is 2.05 bits per heavy atom. The predicted octanol–water partition coefficient (Wildman–Crippen LogP) is 4.54. The minimum absolute atomic E-state index is 0.0577. The van der Waals surface area contributed by atoms with Gasteiger partial charge in [0.25, 0.3) is 5.91 Å². The average Bonchev–Trinajstić information content (AvgIpc) is 2.36. The molecule has 0 fully saturated rings. The molecule has 0 unspecified atom stereocenters. The van der Waals surface area contributed by atoms with Crippen LogP contribution in [0.3, 0.4) is 0 Å². The van der Waals surface area contributed by atoms with Crippen molar-refractivity contribution in [2.45, 2.75) is 0 Å². The maximum atomic E-state index is 13.1. The number of benzene rings is 1. The van der Waals surface area contributed by atoms with Gasteiger partial charge in [-0.05, 0) is 24.3 Å². The second kappa shape index (κ2) is 5.86. The van der Waals surface area contributed by atoms with E-state index in [1.54, 1.807) is 18.2 Å². The number of carbonyl (C=O) groups is 1. The topological polar surface area (TPSA) is 42.0 Å². The summed E-state index contributed by atoms with van der Waals surface area (Å²) in [7, 11) is 0. The van der Waals surface area contributed by atoms with Gasteiger partial charge in [-0.2, -0.15) is 0 Å². The fourth-order valence-corrected chi connectivity index (χ4v) is 2.08. The fraction of sp³-hybridized carbons (Fsp3) is 0. The number of hydrogen-bond donors (Lipinski definition) is 1. The van der Waals surface area contributed by atoms with E-state index in [9.17, 15) is 9.18 Å². The van der Waals surface area contributed by atoms with Gasteiger partial charge >= 0.3 is 0 Å². The number of aromatic nitrogens is 1. The van der Waals surface area contributed by atoms with Gasteiger partial charge < -0.3 is 5.32 Å². The van der Waals surface area contributed by atoms with E-state index < -0.39 is 11.7 Å². The Kier molecular flexibility index (Phi) is 4.39. The van der Waals surface area contributed by atoms with Gasteiger partial charge in [0, 0.05) is 4.47 Å². The van der Waals surface area contributed by atoms with Gasteiger partial charge in [-0.3, -0.25) is 4.79 Å². The first-order valence-electron chi connectivity index (χ1n) is 5.05. The van der Waals surface area contributed by atoms with Crippen LogP contribution < -0.4 is 5.32 Å². The first kappa shape index (κ1) is 14.2. The lowest BCUT2D eigenvalue weighted by Crippen LogP contribution is -2.13. The molecule has 98 valence electrons. The molecule has 0 aliphatic heterocycles. The van der Waals surface area contributed by atoms with Gasteiger partial charge in [0.15, 0.2) is 0 Å². The van der Waals surface area contributed by atoms with Crippen LogP contribution in [0.4, 0.5) is 10.1 Å². The molecule has 0 aliphatic rings. The summed E-state index contributed by atoms with van der Waals surface area (Å²) in [6, 6.07) is 5.98. The molecular formula is C12H6BrCl2FN2O. The van der Waals surface area contributed by atoms with E-state index >= 15 is 0 Å². The molecule has 2 rings (SSSR count). The molecule has 0 atom stereocenters. The van der Waals surface area contributed by atoms with Crippen LogP contribution in [0.25, 0.3) is 0 Å². The van der Waals surface area contributed by atoms with Crippen molar-refractivity contribution in [2.24, 2.45) is 0 Å². The predicted molar refractivity (Wildman–Crippen MR) is 76.3 cm³/mol. The maximum Gasteiger partial charge on any atom is 0.258 e. The normalized spacial score (nSPS) is 10.3. The zero-order valence-corrected chi connectivity index (χ0v) is 12.4. The summed E-state index contributed by atoms with van der Waals surface area (Å²) in [6.45, 7) is 0. The number of amides is 1. The van der Waals surface area contributed by atoms with Gasteiger partial charge in [0.1, 0.15) is 11.0 Å². The van der Waals surface area contributed by atoms with Crippen LogP contribution in [0.5, 0.6) is 0 Å². The Morgan fingerprint density at radius 3 is 2.79 bits per heavy atom. The average molecular weight is 364 g/mol. The SMILES string of the molecule is O=C(Nc1cc(Br)ccc1Cl)c1cc(F)cnc1Cl. The second-order valence-electron chi connectivity index (χ2n) is 3.57. The Hall–Kier alpha value is -1.17. The number of halogens is 4. The molecule has 0 radical (unpaired) electrons. The van der Waals surface area contributed by atoms with Crippen molar-refractivity contribution < 1.29 is 9.18 Å². The van der Waals surface area contributed by atoms with E-state index in [-0.39, 0.29) is 10.7 Å². The van der Waals surface area contributed by atoms with Crippen molar-refractivity contribution in [3.05, 3.63) is 56.5 Å². The van der Waals surface area contributed by atoms with Crippen LogP contribution >= 0.6 is 39.1 Å². The molecule has 1 amide bonds. The van der Waals surface area contributed by atoms with Crippen molar-refractivity contribution in [2.75, 3.05) is 5.32 Å². The van der Waals surface area contributed by atoms with Crippen molar-refractivity contribution in [1.82, 2.24) is 4.98 Å². The number of hydrogen-bond acceptors (Lipinski definition) is 2. The number of nitrogens with one attached hydrogen (secondary N) is 1. The van der Waals surface area contributed by atoms with Crippen LogP contribution in [0, 0.1) is 5.82 Å². The molecular weight excluding hydrogens is 358 g/mol. The molecule has 2 aromatic rings. The lowest BCUT2D eigenvalue weighted by Gasteiger charge is -2.08. The second-order valence-corrected chi connectivity index (χ2v) is 5.25. The summed E-state index contributed by atoms with van der Waals surface area (Å²) in [5.41, 5.74) is 0.332. The van der Waals surface area contributed by atoms with Crippen LogP contribution in [-0.4, -0.2) is 10.9 Å². The third-order valence-electron chi connectivity index (χ3n) is 2.23. The highest BCUT2D eigenvalue weighted by molar-refractivity contribution is 9.10. The molecule has 1 heterocycles. The number of anilines is 1. The van der Waals surface area contributed by atoms with Gasteiger partial charge in [-0.25, -0.2) is 9.37 Å². The first-order valence-corrected chi connectivity index (χ1v) is 6.59. The Bertz CT molecular complexity index is 652. The molecule has 0 spiro atoms. The molecule has 19 heavy (non-hydrogen) atoms. The Balaban J connectivity index is 2.30. The number of nitrogens with zero attached hydrogens (tertiary/aromatic N) is 1. The van der Waals surface area contributed by atoms with Crippen LogP contribution in [0.1, 0.15) is 10.4 Å². The zero-order chi connectivity index (χ0) is 14.0.